The number of hydrogen-bond acceptors (Lipinski definition) is 8. The smallest absolute Gasteiger partial charge is 0.392 e. The minimum absolute atomic E-state index is 0.0712. The Morgan fingerprint density at radius 2 is 1.32 bits per heavy atom. The van der Waals surface area contributed by atoms with Gasteiger partial charge in [0.05, 0.1) is 51.6 Å². The van der Waals surface area contributed by atoms with Crippen molar-refractivity contribution >= 4 is 11.9 Å². The molecule has 188 valence electrons. The number of methoxy groups -OCH3 is 2. The van der Waals surface area contributed by atoms with Crippen LogP contribution in [0.2, 0.25) is 0 Å². The van der Waals surface area contributed by atoms with Gasteiger partial charge in [0.1, 0.15) is 0 Å². The Morgan fingerprint density at radius 1 is 0.824 bits per heavy atom. The van der Waals surface area contributed by atoms with Gasteiger partial charge < -0.3 is 28.8 Å². The zero-order valence-electron chi connectivity index (χ0n) is 19.2. The molecule has 0 heterocycles. The van der Waals surface area contributed by atoms with Crippen LogP contribution in [0.25, 0.3) is 0 Å². The average molecular weight is 488 g/mol. The molecule has 0 aliphatic heterocycles. The van der Waals surface area contributed by atoms with Crippen LogP contribution in [0.3, 0.4) is 0 Å². The molecule has 0 aliphatic carbocycles. The number of phenols is 1. The van der Waals surface area contributed by atoms with Gasteiger partial charge in [-0.3, -0.25) is 0 Å². The van der Waals surface area contributed by atoms with Gasteiger partial charge in [-0.05, 0) is 50.2 Å². The van der Waals surface area contributed by atoms with E-state index in [1.807, 2.05) is 0 Å². The van der Waals surface area contributed by atoms with Gasteiger partial charge in [0, 0.05) is 0 Å². The van der Waals surface area contributed by atoms with Gasteiger partial charge in [-0.2, -0.15) is 13.2 Å². The van der Waals surface area contributed by atoms with E-state index in [1.54, 1.807) is 13.8 Å². The highest BCUT2D eigenvalue weighted by Crippen LogP contribution is 2.30. The molecule has 0 unspecified atom stereocenters. The Hall–Kier alpha value is -3.63. The Morgan fingerprint density at radius 3 is 1.76 bits per heavy atom. The molecule has 0 aromatic heterocycles. The number of carbonyl (C=O) groups excluding carboxylic acids is 2. The third-order valence-electron chi connectivity index (χ3n) is 4.01. The first-order valence-corrected chi connectivity index (χ1v) is 10.1. The molecule has 2 aromatic carbocycles. The summed E-state index contributed by atoms with van der Waals surface area (Å²) in [6, 6.07) is 8.56. The number of esters is 2. The Balaban J connectivity index is 0.000000362. The summed E-state index contributed by atoms with van der Waals surface area (Å²) in [6.45, 7) is 3.34. The second-order valence-corrected chi connectivity index (χ2v) is 6.41. The van der Waals surface area contributed by atoms with Gasteiger partial charge in [0.25, 0.3) is 0 Å². The molecule has 0 saturated heterocycles. The number of benzene rings is 2. The predicted molar refractivity (Wildman–Crippen MR) is 116 cm³/mol. The fourth-order valence-corrected chi connectivity index (χ4v) is 2.44. The molecule has 34 heavy (non-hydrogen) atoms. The van der Waals surface area contributed by atoms with Crippen molar-refractivity contribution in [1.29, 1.82) is 0 Å². The van der Waals surface area contributed by atoms with E-state index in [1.165, 1.54) is 50.6 Å². The predicted octanol–water partition coefficient (Wildman–Crippen LogP) is 4.78. The van der Waals surface area contributed by atoms with E-state index in [4.69, 9.17) is 23.7 Å². The molecule has 0 aliphatic rings. The number of phenolic OH excluding ortho intramolecular Hbond substituents is 1. The zero-order valence-corrected chi connectivity index (χ0v) is 19.2. The first kappa shape index (κ1) is 28.4. The maximum absolute atomic E-state index is 12.1. The largest absolute Gasteiger partial charge is 0.504 e. The molecule has 8 nitrogen and oxygen atoms in total. The lowest BCUT2D eigenvalue weighted by molar-refractivity contribution is -0.139. The third kappa shape index (κ3) is 9.47. The number of ether oxygens (including phenoxy) is 5. The molecular formula is C23H27F3O8. The van der Waals surface area contributed by atoms with Crippen LogP contribution < -0.4 is 14.2 Å². The number of hydrogen-bond donors (Lipinski definition) is 1. The first-order valence-electron chi connectivity index (χ1n) is 10.1. The summed E-state index contributed by atoms with van der Waals surface area (Å²) in [6.07, 6.45) is -5.38. The molecule has 0 spiro atoms. The van der Waals surface area contributed by atoms with Crippen molar-refractivity contribution in [3.05, 3.63) is 47.5 Å². The molecule has 2 aromatic rings. The van der Waals surface area contributed by atoms with Crippen molar-refractivity contribution < 1.29 is 51.6 Å². The van der Waals surface area contributed by atoms with Crippen molar-refractivity contribution in [3.63, 3.8) is 0 Å². The normalized spacial score (nSPS) is 10.4. The van der Waals surface area contributed by atoms with Crippen molar-refractivity contribution in [1.82, 2.24) is 0 Å². The molecule has 0 radical (unpaired) electrons. The number of halogens is 3. The maximum Gasteiger partial charge on any atom is 0.392 e. The SMILES string of the molecule is CCOC(=O)c1ccc(OC)c(O)c1.CCOC(=O)c1ccc(OC)c(OCCC(F)(F)F)c1. The fraction of sp³-hybridized carbons (Fsp3) is 0.391. The van der Waals surface area contributed by atoms with E-state index in [0.717, 1.165) is 0 Å². The van der Waals surface area contributed by atoms with Crippen LogP contribution in [0, 0.1) is 0 Å². The van der Waals surface area contributed by atoms with Gasteiger partial charge in [-0.25, -0.2) is 9.59 Å². The molecule has 2 rings (SSSR count). The fourth-order valence-electron chi connectivity index (χ4n) is 2.44. The second-order valence-electron chi connectivity index (χ2n) is 6.41. The lowest BCUT2D eigenvalue weighted by Crippen LogP contribution is -2.13. The molecule has 0 bridgehead atoms. The standard InChI is InChI=1S/C13H15F3O4.C10H12O4/c1-3-19-12(17)9-4-5-10(18-2)11(8-9)20-7-6-13(14,15)16;1-3-14-10(12)7-4-5-9(13-2)8(11)6-7/h4-5,8H,3,6-7H2,1-2H3;4-6,11H,3H2,1-2H3. The minimum Gasteiger partial charge on any atom is -0.504 e. The Bertz CT molecular complexity index is 944. The van der Waals surface area contributed by atoms with E-state index >= 15 is 0 Å². The lowest BCUT2D eigenvalue weighted by Gasteiger charge is -2.13. The molecule has 0 amide bonds. The highest BCUT2D eigenvalue weighted by Gasteiger charge is 2.27. The van der Waals surface area contributed by atoms with Crippen LogP contribution in [0.5, 0.6) is 23.0 Å². The third-order valence-corrected chi connectivity index (χ3v) is 4.01. The van der Waals surface area contributed by atoms with E-state index in [0.29, 0.717) is 17.9 Å². The van der Waals surface area contributed by atoms with Crippen LogP contribution in [-0.4, -0.2) is 57.3 Å². The molecule has 0 saturated carbocycles. The highest BCUT2D eigenvalue weighted by atomic mass is 19.4. The van der Waals surface area contributed by atoms with E-state index in [-0.39, 0.29) is 29.4 Å². The summed E-state index contributed by atoms with van der Waals surface area (Å²) in [4.78, 5) is 22.8. The monoisotopic (exact) mass is 488 g/mol. The van der Waals surface area contributed by atoms with E-state index in [2.05, 4.69) is 0 Å². The summed E-state index contributed by atoms with van der Waals surface area (Å²) in [5, 5.41) is 9.38. The van der Waals surface area contributed by atoms with Crippen molar-refractivity contribution in [2.75, 3.05) is 34.0 Å². The molecular weight excluding hydrogens is 461 g/mol. The Labute approximate surface area is 195 Å². The van der Waals surface area contributed by atoms with Gasteiger partial charge in [-0.1, -0.05) is 0 Å². The molecule has 0 atom stereocenters. The van der Waals surface area contributed by atoms with Crippen LogP contribution in [0.4, 0.5) is 13.2 Å². The number of alkyl halides is 3. The number of aromatic hydroxyl groups is 1. The molecule has 0 fully saturated rings. The van der Waals surface area contributed by atoms with Gasteiger partial charge in [0.2, 0.25) is 0 Å². The summed E-state index contributed by atoms with van der Waals surface area (Å²) >= 11 is 0. The van der Waals surface area contributed by atoms with Gasteiger partial charge >= 0.3 is 18.1 Å². The van der Waals surface area contributed by atoms with Crippen molar-refractivity contribution in [3.8, 4) is 23.0 Å². The lowest BCUT2D eigenvalue weighted by atomic mass is 10.2. The zero-order chi connectivity index (χ0) is 25.7. The van der Waals surface area contributed by atoms with Crippen LogP contribution in [0.15, 0.2) is 36.4 Å². The summed E-state index contributed by atoms with van der Waals surface area (Å²) in [7, 11) is 2.80. The summed E-state index contributed by atoms with van der Waals surface area (Å²) < 4.78 is 60.6. The topological polar surface area (TPSA) is 101 Å². The van der Waals surface area contributed by atoms with Crippen molar-refractivity contribution in [2.45, 2.75) is 26.4 Å². The summed E-state index contributed by atoms with van der Waals surface area (Å²) in [5.74, 6) is -0.445. The van der Waals surface area contributed by atoms with Gasteiger partial charge in [-0.15, -0.1) is 0 Å². The first-order chi connectivity index (χ1) is 16.1. The van der Waals surface area contributed by atoms with E-state index in [9.17, 15) is 27.9 Å². The number of rotatable bonds is 9. The maximum atomic E-state index is 12.1. The van der Waals surface area contributed by atoms with Crippen LogP contribution in [-0.2, 0) is 9.47 Å². The summed E-state index contributed by atoms with van der Waals surface area (Å²) in [5.41, 5.74) is 0.500. The quantitative estimate of drug-likeness (QED) is 0.504. The molecule has 11 heteroatoms. The van der Waals surface area contributed by atoms with Crippen LogP contribution in [0.1, 0.15) is 41.0 Å². The number of carbonyl (C=O) groups is 2. The highest BCUT2D eigenvalue weighted by molar-refractivity contribution is 5.90. The Kier molecular flexibility index (Phi) is 11.5. The minimum atomic E-state index is -4.30. The van der Waals surface area contributed by atoms with Crippen LogP contribution >= 0.6 is 0 Å². The van der Waals surface area contributed by atoms with E-state index < -0.39 is 31.1 Å². The average Bonchev–Trinajstić information content (AvgIpc) is 2.79. The van der Waals surface area contributed by atoms with Gasteiger partial charge in [0.15, 0.2) is 23.0 Å². The molecule has 1 N–H and O–H groups in total. The van der Waals surface area contributed by atoms with Crippen molar-refractivity contribution in [2.24, 2.45) is 0 Å². The second kappa shape index (κ2) is 13.8.